The maximum absolute atomic E-state index is 13.4. The molecular weight excluding hydrogens is 388 g/mol. The lowest BCUT2D eigenvalue weighted by Crippen LogP contribution is -2.39. The Bertz CT molecular complexity index is 1390. The van der Waals surface area contributed by atoms with Crippen LogP contribution in [-0.4, -0.2) is 18.7 Å². The van der Waals surface area contributed by atoms with Gasteiger partial charge in [0, 0.05) is 12.6 Å². The fourth-order valence-electron chi connectivity index (χ4n) is 4.14. The van der Waals surface area contributed by atoms with Crippen molar-refractivity contribution in [3.05, 3.63) is 92.4 Å². The van der Waals surface area contributed by atoms with Gasteiger partial charge in [-0.1, -0.05) is 50.2 Å². The molecule has 1 fully saturated rings. The molecule has 0 spiro atoms. The summed E-state index contributed by atoms with van der Waals surface area (Å²) in [6.07, 6.45) is 3.39. The smallest absolute Gasteiger partial charge is 0.320 e. The first-order chi connectivity index (χ1) is 15.0. The Morgan fingerprint density at radius 1 is 1.03 bits per heavy atom. The van der Waals surface area contributed by atoms with Crippen molar-refractivity contribution in [3.8, 4) is 5.69 Å². The van der Waals surface area contributed by atoms with Gasteiger partial charge in [-0.25, -0.2) is 14.3 Å². The van der Waals surface area contributed by atoms with Crippen LogP contribution in [0, 0.1) is 6.92 Å². The van der Waals surface area contributed by atoms with Gasteiger partial charge in [0.2, 0.25) is 0 Å². The fraction of sp³-hybridized carbons (Fsp3) is 0.320. The minimum Gasteiger partial charge on any atom is -0.320 e. The maximum Gasteiger partial charge on any atom is 0.337 e. The van der Waals surface area contributed by atoms with Crippen LogP contribution in [0.4, 0.5) is 0 Å². The minimum absolute atomic E-state index is 0.0209. The summed E-state index contributed by atoms with van der Waals surface area (Å²) in [5, 5.41) is 0. The third kappa shape index (κ3) is 3.32. The zero-order valence-electron chi connectivity index (χ0n) is 18.1. The highest BCUT2D eigenvalue weighted by atomic mass is 16.2. The molecule has 0 saturated heterocycles. The molecule has 2 aromatic heterocycles. The van der Waals surface area contributed by atoms with Gasteiger partial charge in [0.15, 0.2) is 11.2 Å². The van der Waals surface area contributed by atoms with E-state index >= 15 is 0 Å². The van der Waals surface area contributed by atoms with Crippen molar-refractivity contribution in [2.45, 2.75) is 52.1 Å². The molecule has 0 radical (unpaired) electrons. The summed E-state index contributed by atoms with van der Waals surface area (Å²) in [6.45, 7) is 6.87. The molecule has 6 heteroatoms. The predicted molar refractivity (Wildman–Crippen MR) is 122 cm³/mol. The quantitative estimate of drug-likeness (QED) is 0.493. The molecule has 5 rings (SSSR count). The Balaban J connectivity index is 1.74. The molecule has 158 valence electrons. The van der Waals surface area contributed by atoms with Crippen molar-refractivity contribution >= 4 is 11.2 Å². The van der Waals surface area contributed by atoms with E-state index in [0.29, 0.717) is 23.6 Å². The van der Waals surface area contributed by atoms with Crippen molar-refractivity contribution < 1.29 is 0 Å². The van der Waals surface area contributed by atoms with E-state index < -0.39 is 0 Å². The van der Waals surface area contributed by atoms with E-state index in [1.54, 1.807) is 10.9 Å². The standard InChI is InChI=1S/C25H26N4O2/c1-16(2)18-8-10-20(11-9-18)28-23-22(24(30)29(25(28)31)21-12-13-21)27(15-26-23)14-19-7-5-4-6-17(19)3/h4-11,15-16,21H,12-14H2,1-3H3. The molecule has 2 aromatic carbocycles. The third-order valence-electron chi connectivity index (χ3n) is 6.18. The summed E-state index contributed by atoms with van der Waals surface area (Å²) in [4.78, 5) is 31.3. The zero-order chi connectivity index (χ0) is 21.7. The van der Waals surface area contributed by atoms with E-state index in [2.05, 4.69) is 37.9 Å². The van der Waals surface area contributed by atoms with Crippen LogP contribution in [0.25, 0.3) is 16.9 Å². The first kappa shape index (κ1) is 19.5. The van der Waals surface area contributed by atoms with Gasteiger partial charge in [-0.05, 0) is 54.5 Å². The zero-order valence-corrected chi connectivity index (χ0v) is 18.1. The van der Waals surface area contributed by atoms with Crippen LogP contribution in [0.15, 0.2) is 64.4 Å². The largest absolute Gasteiger partial charge is 0.337 e. The maximum atomic E-state index is 13.4. The summed E-state index contributed by atoms with van der Waals surface area (Å²) in [5.74, 6) is 0.402. The van der Waals surface area contributed by atoms with Crippen LogP contribution < -0.4 is 11.2 Å². The Labute approximate surface area is 180 Å². The molecule has 6 nitrogen and oxygen atoms in total. The van der Waals surface area contributed by atoms with E-state index in [0.717, 1.165) is 29.7 Å². The molecule has 4 aromatic rings. The van der Waals surface area contributed by atoms with Gasteiger partial charge >= 0.3 is 5.69 Å². The first-order valence-electron chi connectivity index (χ1n) is 10.8. The van der Waals surface area contributed by atoms with E-state index in [9.17, 15) is 9.59 Å². The molecule has 0 bridgehead atoms. The molecule has 2 heterocycles. The molecule has 0 N–H and O–H groups in total. The highest BCUT2D eigenvalue weighted by Crippen LogP contribution is 2.32. The molecule has 0 unspecified atom stereocenters. The average Bonchev–Trinajstić information content (AvgIpc) is 3.50. The first-order valence-corrected chi connectivity index (χ1v) is 10.8. The number of hydrogen-bond acceptors (Lipinski definition) is 3. The number of fused-ring (bicyclic) bond motifs is 1. The van der Waals surface area contributed by atoms with Gasteiger partial charge in [0.1, 0.15) is 0 Å². The molecule has 1 aliphatic carbocycles. The molecule has 1 aliphatic rings. The average molecular weight is 415 g/mol. The molecule has 0 atom stereocenters. The highest BCUT2D eigenvalue weighted by molar-refractivity contribution is 5.72. The van der Waals surface area contributed by atoms with E-state index in [4.69, 9.17) is 0 Å². The fourth-order valence-corrected chi connectivity index (χ4v) is 4.14. The van der Waals surface area contributed by atoms with E-state index in [1.165, 1.54) is 10.1 Å². The second-order valence-corrected chi connectivity index (χ2v) is 8.74. The Kier molecular flexibility index (Phi) is 4.65. The van der Waals surface area contributed by atoms with Crippen LogP contribution in [-0.2, 0) is 6.54 Å². The topological polar surface area (TPSA) is 61.8 Å². The number of nitrogens with zero attached hydrogens (tertiary/aromatic N) is 4. The normalized spacial score (nSPS) is 13.9. The summed E-state index contributed by atoms with van der Waals surface area (Å²) in [6, 6.07) is 16.1. The lowest BCUT2D eigenvalue weighted by atomic mass is 10.0. The van der Waals surface area contributed by atoms with Crippen molar-refractivity contribution in [2.75, 3.05) is 0 Å². The number of aromatic nitrogens is 4. The number of imidazole rings is 1. The summed E-state index contributed by atoms with van der Waals surface area (Å²) in [7, 11) is 0. The molecule has 1 saturated carbocycles. The second kappa shape index (κ2) is 7.38. The van der Waals surface area contributed by atoms with Crippen molar-refractivity contribution in [2.24, 2.45) is 0 Å². The summed E-state index contributed by atoms with van der Waals surface area (Å²) >= 11 is 0. The van der Waals surface area contributed by atoms with Gasteiger partial charge in [0.25, 0.3) is 5.56 Å². The van der Waals surface area contributed by atoms with Gasteiger partial charge in [-0.2, -0.15) is 0 Å². The predicted octanol–water partition coefficient (Wildman–Crippen LogP) is 4.16. The van der Waals surface area contributed by atoms with Gasteiger partial charge < -0.3 is 4.57 Å². The third-order valence-corrected chi connectivity index (χ3v) is 6.18. The van der Waals surface area contributed by atoms with E-state index in [-0.39, 0.29) is 17.3 Å². The van der Waals surface area contributed by atoms with Crippen molar-refractivity contribution in [1.82, 2.24) is 18.7 Å². The highest BCUT2D eigenvalue weighted by Gasteiger charge is 2.30. The van der Waals surface area contributed by atoms with Gasteiger partial charge in [-0.15, -0.1) is 0 Å². The lowest BCUT2D eigenvalue weighted by Gasteiger charge is -2.14. The van der Waals surface area contributed by atoms with Crippen molar-refractivity contribution in [3.63, 3.8) is 0 Å². The van der Waals surface area contributed by atoms with Crippen LogP contribution >= 0.6 is 0 Å². The molecule has 31 heavy (non-hydrogen) atoms. The lowest BCUT2D eigenvalue weighted by molar-refractivity contribution is 0.639. The molecule has 0 amide bonds. The number of rotatable bonds is 5. The van der Waals surface area contributed by atoms with Crippen molar-refractivity contribution in [1.29, 1.82) is 0 Å². The SMILES string of the molecule is Cc1ccccc1Cn1cnc2c1c(=O)n(C1CC1)c(=O)n2-c1ccc(C(C)C)cc1. The van der Waals surface area contributed by atoms with Gasteiger partial charge in [0.05, 0.1) is 12.0 Å². The van der Waals surface area contributed by atoms with Gasteiger partial charge in [-0.3, -0.25) is 9.36 Å². The molecule has 0 aliphatic heterocycles. The Morgan fingerprint density at radius 2 is 1.74 bits per heavy atom. The Hall–Kier alpha value is -3.41. The molecular formula is C25H26N4O2. The number of aryl methyl sites for hydroxylation is 1. The summed E-state index contributed by atoms with van der Waals surface area (Å²) in [5.41, 5.74) is 4.55. The van der Waals surface area contributed by atoms with Crippen LogP contribution in [0.1, 0.15) is 55.3 Å². The Morgan fingerprint density at radius 3 is 2.39 bits per heavy atom. The monoisotopic (exact) mass is 414 g/mol. The van der Waals surface area contributed by atoms with Crippen LogP contribution in [0.3, 0.4) is 0 Å². The van der Waals surface area contributed by atoms with Crippen LogP contribution in [0.2, 0.25) is 0 Å². The minimum atomic E-state index is -0.307. The van der Waals surface area contributed by atoms with Crippen LogP contribution in [0.5, 0.6) is 0 Å². The number of benzene rings is 2. The summed E-state index contributed by atoms with van der Waals surface area (Å²) < 4.78 is 4.89. The van der Waals surface area contributed by atoms with E-state index in [1.807, 2.05) is 41.0 Å². The number of hydrogen-bond donors (Lipinski definition) is 0. The second-order valence-electron chi connectivity index (χ2n) is 8.74.